The van der Waals surface area contributed by atoms with E-state index < -0.39 is 0 Å². The summed E-state index contributed by atoms with van der Waals surface area (Å²) >= 11 is 1.54. The molecule has 1 unspecified atom stereocenters. The smallest absolute Gasteiger partial charge is 0.0831 e. The van der Waals surface area contributed by atoms with Crippen LogP contribution in [0.25, 0.3) is 0 Å². The molecule has 58 valence electrons. The van der Waals surface area contributed by atoms with Crippen LogP contribution in [0.3, 0.4) is 0 Å². The van der Waals surface area contributed by atoms with Crippen molar-refractivity contribution < 1.29 is 0 Å². The van der Waals surface area contributed by atoms with E-state index >= 15 is 0 Å². The molecule has 0 aromatic carbocycles. The third-order valence-electron chi connectivity index (χ3n) is 1.98. The van der Waals surface area contributed by atoms with Crippen molar-refractivity contribution in [1.82, 2.24) is 4.31 Å². The minimum Gasteiger partial charge on any atom is -0.221 e. The van der Waals surface area contributed by atoms with Gasteiger partial charge in [0, 0.05) is 7.05 Å². The van der Waals surface area contributed by atoms with E-state index in [2.05, 4.69) is 40.9 Å². The number of hydrogen-bond acceptors (Lipinski definition) is 3. The highest BCUT2D eigenvalue weighted by Gasteiger charge is 2.27. The molecule has 3 heteroatoms. The summed E-state index contributed by atoms with van der Waals surface area (Å²) in [6, 6.07) is 0.407. The van der Waals surface area contributed by atoms with Gasteiger partial charge >= 0.3 is 0 Å². The van der Waals surface area contributed by atoms with Crippen LogP contribution in [0.5, 0.6) is 0 Å². The molecule has 0 amide bonds. The molecule has 0 radical (unpaired) electrons. The quantitative estimate of drug-likeness (QED) is 0.510. The minimum absolute atomic E-state index is 0.407. The van der Waals surface area contributed by atoms with Gasteiger partial charge in [0.15, 0.2) is 0 Å². The van der Waals surface area contributed by atoms with Gasteiger partial charge in [0.05, 0.1) is 23.9 Å². The van der Waals surface area contributed by atoms with Gasteiger partial charge in [0.2, 0.25) is 0 Å². The number of hydrogen-bond donors (Lipinski definition) is 0. The molecule has 0 aromatic rings. The Morgan fingerprint density at radius 1 is 1.64 bits per heavy atom. The lowest BCUT2D eigenvalue weighted by molar-refractivity contribution is 0.582. The van der Waals surface area contributed by atoms with E-state index in [1.165, 1.54) is 23.4 Å². The van der Waals surface area contributed by atoms with Crippen LogP contribution >= 0.6 is 12.1 Å². The number of fused-ring (bicyclic) bond motifs is 1. The molecule has 0 fully saturated rings. The van der Waals surface area contributed by atoms with Crippen LogP contribution in [0.4, 0.5) is 0 Å². The number of nitrogens with zero attached hydrogens (tertiary/aromatic N) is 2. The van der Waals surface area contributed by atoms with Crippen molar-refractivity contribution in [3.05, 3.63) is 23.8 Å². The van der Waals surface area contributed by atoms with Gasteiger partial charge in [-0.2, -0.15) is 0 Å². The predicted octanol–water partition coefficient (Wildman–Crippen LogP) is 1.82. The molecular weight excluding hydrogens is 156 g/mol. The zero-order valence-electron chi connectivity index (χ0n) is 6.61. The number of likely N-dealkylation sites (N-methyl/N-ethyl adjacent to an activating group) is 1. The lowest BCUT2D eigenvalue weighted by Gasteiger charge is -2.17. The van der Waals surface area contributed by atoms with Crippen LogP contribution < -0.4 is 0 Å². The van der Waals surface area contributed by atoms with Crippen molar-refractivity contribution in [2.75, 3.05) is 7.05 Å². The molecule has 1 atom stereocenters. The normalized spacial score (nSPS) is 29.8. The van der Waals surface area contributed by atoms with Gasteiger partial charge in [-0.25, -0.2) is 8.70 Å². The Labute approximate surface area is 71.0 Å². The fourth-order valence-corrected chi connectivity index (χ4v) is 2.03. The summed E-state index contributed by atoms with van der Waals surface area (Å²) in [5.41, 5.74) is 2.49. The second-order valence-electron chi connectivity index (χ2n) is 2.78. The molecule has 0 aromatic heterocycles. The Bertz CT molecular complexity index is 265. The molecule has 0 N–H and O–H groups in total. The van der Waals surface area contributed by atoms with Gasteiger partial charge in [-0.05, 0) is 12.5 Å². The summed E-state index contributed by atoms with van der Waals surface area (Å²) in [6.45, 7) is 2.11. The zero-order valence-corrected chi connectivity index (χ0v) is 7.43. The molecule has 0 saturated heterocycles. The summed E-state index contributed by atoms with van der Waals surface area (Å²) in [5, 5.41) is 0. The molecule has 1 aliphatic carbocycles. The summed E-state index contributed by atoms with van der Waals surface area (Å²) < 4.78 is 6.51. The SMILES string of the molecule is CC1=CC=CC2C1=NSN2C. The molecule has 2 rings (SSSR count). The van der Waals surface area contributed by atoms with E-state index in [1.807, 2.05) is 0 Å². The topological polar surface area (TPSA) is 15.6 Å². The van der Waals surface area contributed by atoms with E-state index in [-0.39, 0.29) is 0 Å². The summed E-state index contributed by atoms with van der Waals surface area (Å²) in [6.07, 6.45) is 6.38. The first-order chi connectivity index (χ1) is 5.29. The Balaban J connectivity index is 2.35. The maximum atomic E-state index is 4.36. The highest BCUT2D eigenvalue weighted by molar-refractivity contribution is 7.96. The molecular formula is C8H10N2S. The Hall–Kier alpha value is -0.540. The lowest BCUT2D eigenvalue weighted by Crippen LogP contribution is -2.29. The standard InChI is InChI=1S/C8H10N2S/c1-6-4-3-5-7-8(6)9-11-10(7)2/h3-5,7H,1-2H3. The minimum atomic E-state index is 0.407. The first-order valence-electron chi connectivity index (χ1n) is 3.62. The van der Waals surface area contributed by atoms with Crippen molar-refractivity contribution in [3.8, 4) is 0 Å². The maximum Gasteiger partial charge on any atom is 0.0831 e. The number of rotatable bonds is 0. The van der Waals surface area contributed by atoms with E-state index in [0.29, 0.717) is 6.04 Å². The van der Waals surface area contributed by atoms with Crippen molar-refractivity contribution in [2.45, 2.75) is 13.0 Å². The molecule has 0 spiro atoms. The lowest BCUT2D eigenvalue weighted by atomic mass is 10.00. The van der Waals surface area contributed by atoms with E-state index in [0.717, 1.165) is 0 Å². The first-order valence-corrected chi connectivity index (χ1v) is 4.35. The molecule has 0 saturated carbocycles. The van der Waals surface area contributed by atoms with Crippen LogP contribution in [0.1, 0.15) is 6.92 Å². The van der Waals surface area contributed by atoms with Crippen LogP contribution in [0.15, 0.2) is 28.2 Å². The van der Waals surface area contributed by atoms with Crippen LogP contribution in [-0.2, 0) is 0 Å². The third-order valence-corrected chi connectivity index (χ3v) is 2.75. The summed E-state index contributed by atoms with van der Waals surface area (Å²) in [7, 11) is 2.06. The van der Waals surface area contributed by atoms with Gasteiger partial charge in [-0.1, -0.05) is 18.2 Å². The average Bonchev–Trinajstić information content (AvgIpc) is 2.35. The molecule has 2 nitrogen and oxygen atoms in total. The maximum absolute atomic E-state index is 4.36. The van der Waals surface area contributed by atoms with Crippen LogP contribution in [0.2, 0.25) is 0 Å². The average molecular weight is 166 g/mol. The zero-order chi connectivity index (χ0) is 7.84. The van der Waals surface area contributed by atoms with Gasteiger partial charge < -0.3 is 0 Å². The molecule has 2 aliphatic rings. The van der Waals surface area contributed by atoms with Gasteiger partial charge in [0.25, 0.3) is 0 Å². The van der Waals surface area contributed by atoms with E-state index in [4.69, 9.17) is 0 Å². The van der Waals surface area contributed by atoms with Crippen molar-refractivity contribution in [1.29, 1.82) is 0 Å². The Morgan fingerprint density at radius 3 is 3.18 bits per heavy atom. The Kier molecular flexibility index (Phi) is 1.62. The van der Waals surface area contributed by atoms with Crippen LogP contribution in [-0.4, -0.2) is 23.1 Å². The Morgan fingerprint density at radius 2 is 2.45 bits per heavy atom. The molecule has 0 bridgehead atoms. The molecule has 11 heavy (non-hydrogen) atoms. The van der Waals surface area contributed by atoms with Gasteiger partial charge in [-0.15, -0.1) is 0 Å². The monoisotopic (exact) mass is 166 g/mol. The second-order valence-corrected chi connectivity index (χ2v) is 3.71. The van der Waals surface area contributed by atoms with Crippen molar-refractivity contribution in [2.24, 2.45) is 4.40 Å². The third kappa shape index (κ3) is 1.04. The van der Waals surface area contributed by atoms with Crippen molar-refractivity contribution >= 4 is 17.8 Å². The second kappa shape index (κ2) is 2.50. The fourth-order valence-electron chi connectivity index (χ4n) is 1.29. The predicted molar refractivity (Wildman–Crippen MR) is 49.5 cm³/mol. The highest BCUT2D eigenvalue weighted by atomic mass is 32.2. The fraction of sp³-hybridized carbons (Fsp3) is 0.375. The van der Waals surface area contributed by atoms with Gasteiger partial charge in [-0.3, -0.25) is 0 Å². The number of allylic oxidation sites excluding steroid dienone is 2. The summed E-state index contributed by atoms with van der Waals surface area (Å²) in [5.74, 6) is 0. The first kappa shape index (κ1) is 7.13. The molecule has 1 aliphatic heterocycles. The van der Waals surface area contributed by atoms with Crippen LogP contribution in [0, 0.1) is 0 Å². The van der Waals surface area contributed by atoms with Gasteiger partial charge in [0.1, 0.15) is 0 Å². The van der Waals surface area contributed by atoms with E-state index in [9.17, 15) is 0 Å². The largest absolute Gasteiger partial charge is 0.221 e. The van der Waals surface area contributed by atoms with Crippen molar-refractivity contribution in [3.63, 3.8) is 0 Å². The highest BCUT2D eigenvalue weighted by Crippen LogP contribution is 2.28. The molecule has 1 heterocycles. The van der Waals surface area contributed by atoms with E-state index in [1.54, 1.807) is 0 Å². The summed E-state index contributed by atoms with van der Waals surface area (Å²) in [4.78, 5) is 0.